The number of aromatic nitrogens is 1. The Hall–Kier alpha value is -1.83. The molecule has 0 aliphatic rings. The van der Waals surface area contributed by atoms with Crippen LogP contribution in [0.1, 0.15) is 40.8 Å². The van der Waals surface area contributed by atoms with Crippen molar-refractivity contribution in [3.63, 3.8) is 0 Å². The average Bonchev–Trinajstić information content (AvgIpc) is 2.30. The van der Waals surface area contributed by atoms with E-state index in [2.05, 4.69) is 57.1 Å². The minimum Gasteiger partial charge on any atom is -0.377 e. The number of nitrogens with zero attached hydrogens (tertiary/aromatic N) is 1. The Morgan fingerprint density at radius 1 is 1.00 bits per heavy atom. The molecular formula is C17H22N2. The quantitative estimate of drug-likeness (QED) is 0.873. The van der Waals surface area contributed by atoms with E-state index in [-0.39, 0.29) is 6.04 Å². The molecule has 0 amide bonds. The van der Waals surface area contributed by atoms with Crippen LogP contribution in [-0.2, 0) is 0 Å². The molecule has 100 valence electrons. The van der Waals surface area contributed by atoms with Gasteiger partial charge in [0.05, 0.1) is 11.9 Å². The molecule has 2 aromatic rings. The summed E-state index contributed by atoms with van der Waals surface area (Å²) in [4.78, 5) is 4.19. The van der Waals surface area contributed by atoms with Crippen LogP contribution < -0.4 is 5.32 Å². The van der Waals surface area contributed by atoms with E-state index in [9.17, 15) is 0 Å². The van der Waals surface area contributed by atoms with Gasteiger partial charge in [0, 0.05) is 12.2 Å². The van der Waals surface area contributed by atoms with Gasteiger partial charge in [0.2, 0.25) is 0 Å². The first-order valence-electron chi connectivity index (χ1n) is 6.74. The fraction of sp³-hybridized carbons (Fsp3) is 0.353. The summed E-state index contributed by atoms with van der Waals surface area (Å²) in [7, 11) is 0. The first-order valence-corrected chi connectivity index (χ1v) is 6.74. The molecule has 1 aromatic heterocycles. The molecule has 19 heavy (non-hydrogen) atoms. The zero-order valence-corrected chi connectivity index (χ0v) is 12.4. The van der Waals surface area contributed by atoms with Gasteiger partial charge < -0.3 is 5.32 Å². The molecule has 2 nitrogen and oxygen atoms in total. The van der Waals surface area contributed by atoms with E-state index in [1.807, 2.05) is 18.5 Å². The number of rotatable bonds is 3. The van der Waals surface area contributed by atoms with Crippen molar-refractivity contribution >= 4 is 5.69 Å². The lowest BCUT2D eigenvalue weighted by atomic mass is 9.94. The molecule has 0 aliphatic heterocycles. The minimum atomic E-state index is 0.281. The van der Waals surface area contributed by atoms with Crippen molar-refractivity contribution in [2.24, 2.45) is 0 Å². The first-order chi connectivity index (χ1) is 8.99. The molecule has 0 saturated carbocycles. The second-order valence-electron chi connectivity index (χ2n) is 5.37. The Kier molecular flexibility index (Phi) is 3.89. The predicted octanol–water partition coefficient (Wildman–Crippen LogP) is 4.49. The highest BCUT2D eigenvalue weighted by molar-refractivity contribution is 5.51. The van der Waals surface area contributed by atoms with Crippen molar-refractivity contribution < 1.29 is 0 Å². The van der Waals surface area contributed by atoms with Gasteiger partial charge in [-0.2, -0.15) is 0 Å². The second-order valence-corrected chi connectivity index (χ2v) is 5.37. The largest absolute Gasteiger partial charge is 0.377 e. The van der Waals surface area contributed by atoms with Crippen molar-refractivity contribution in [2.45, 2.75) is 40.7 Å². The van der Waals surface area contributed by atoms with Gasteiger partial charge in [0.25, 0.3) is 0 Å². The zero-order chi connectivity index (χ0) is 14.0. The van der Waals surface area contributed by atoms with Gasteiger partial charge >= 0.3 is 0 Å². The third-order valence-corrected chi connectivity index (χ3v) is 3.58. The number of pyridine rings is 1. The predicted molar refractivity (Wildman–Crippen MR) is 81.7 cm³/mol. The lowest BCUT2D eigenvalue weighted by molar-refractivity contribution is 0.858. The van der Waals surface area contributed by atoms with Crippen LogP contribution >= 0.6 is 0 Å². The van der Waals surface area contributed by atoms with Crippen LogP contribution in [0.4, 0.5) is 5.69 Å². The van der Waals surface area contributed by atoms with Crippen LogP contribution in [0.25, 0.3) is 0 Å². The highest BCUT2D eigenvalue weighted by Crippen LogP contribution is 2.27. The summed E-state index contributed by atoms with van der Waals surface area (Å²) in [5.41, 5.74) is 7.73. The Labute approximate surface area is 115 Å². The summed E-state index contributed by atoms with van der Waals surface area (Å²) in [6, 6.07) is 6.81. The lowest BCUT2D eigenvalue weighted by Crippen LogP contribution is -2.11. The van der Waals surface area contributed by atoms with Gasteiger partial charge in [-0.05, 0) is 62.9 Å². The third kappa shape index (κ3) is 2.95. The molecular weight excluding hydrogens is 232 g/mol. The smallest absolute Gasteiger partial charge is 0.0561 e. The van der Waals surface area contributed by atoms with Gasteiger partial charge in [0.1, 0.15) is 0 Å². The van der Waals surface area contributed by atoms with Gasteiger partial charge in [-0.3, -0.25) is 4.98 Å². The number of nitrogens with one attached hydrogen (secondary N) is 1. The molecule has 0 spiro atoms. The summed E-state index contributed by atoms with van der Waals surface area (Å²) in [6.45, 7) is 10.8. The molecule has 0 saturated heterocycles. The van der Waals surface area contributed by atoms with E-state index >= 15 is 0 Å². The van der Waals surface area contributed by atoms with Crippen LogP contribution in [0, 0.1) is 27.7 Å². The van der Waals surface area contributed by atoms with Gasteiger partial charge in [0.15, 0.2) is 0 Å². The number of hydrogen-bond acceptors (Lipinski definition) is 2. The first kappa shape index (κ1) is 13.6. The lowest BCUT2D eigenvalue weighted by Gasteiger charge is -2.21. The van der Waals surface area contributed by atoms with Crippen molar-refractivity contribution in [3.8, 4) is 0 Å². The Balaban J connectivity index is 2.31. The summed E-state index contributed by atoms with van der Waals surface area (Å²) < 4.78 is 0. The standard InChI is InChI=1S/C17H22N2/c1-11-8-13(3)17(14(4)9-11)15(5)19-16-10-18-7-6-12(16)2/h6-10,15,19H,1-5H3. The Bertz CT molecular complexity index is 565. The van der Waals surface area contributed by atoms with E-state index < -0.39 is 0 Å². The fourth-order valence-corrected chi connectivity index (χ4v) is 2.79. The Morgan fingerprint density at radius 2 is 1.63 bits per heavy atom. The fourth-order valence-electron chi connectivity index (χ4n) is 2.79. The van der Waals surface area contributed by atoms with Crippen LogP contribution in [0.3, 0.4) is 0 Å². The number of benzene rings is 1. The van der Waals surface area contributed by atoms with E-state index in [0.29, 0.717) is 0 Å². The normalized spacial score (nSPS) is 12.3. The van der Waals surface area contributed by atoms with E-state index in [4.69, 9.17) is 0 Å². The highest BCUT2D eigenvalue weighted by Gasteiger charge is 2.12. The number of aryl methyl sites for hydroxylation is 4. The van der Waals surface area contributed by atoms with Crippen LogP contribution in [0.2, 0.25) is 0 Å². The SMILES string of the molecule is Cc1cc(C)c(C(C)Nc2cnccc2C)c(C)c1. The van der Waals surface area contributed by atoms with Crippen LogP contribution in [-0.4, -0.2) is 4.98 Å². The molecule has 2 heteroatoms. The zero-order valence-electron chi connectivity index (χ0n) is 12.4. The van der Waals surface area contributed by atoms with Crippen LogP contribution in [0.15, 0.2) is 30.6 Å². The maximum atomic E-state index is 4.19. The van der Waals surface area contributed by atoms with Gasteiger partial charge in [-0.1, -0.05) is 17.7 Å². The molecule has 1 aromatic carbocycles. The molecule has 0 radical (unpaired) electrons. The molecule has 1 N–H and O–H groups in total. The molecule has 1 unspecified atom stereocenters. The highest BCUT2D eigenvalue weighted by atomic mass is 14.9. The number of hydrogen-bond donors (Lipinski definition) is 1. The van der Waals surface area contributed by atoms with Crippen molar-refractivity contribution in [2.75, 3.05) is 5.32 Å². The van der Waals surface area contributed by atoms with Crippen molar-refractivity contribution in [1.29, 1.82) is 0 Å². The monoisotopic (exact) mass is 254 g/mol. The number of anilines is 1. The topological polar surface area (TPSA) is 24.9 Å². The molecule has 1 heterocycles. The van der Waals surface area contributed by atoms with Crippen LogP contribution in [0.5, 0.6) is 0 Å². The maximum absolute atomic E-state index is 4.19. The molecule has 0 bridgehead atoms. The summed E-state index contributed by atoms with van der Waals surface area (Å²) in [6.07, 6.45) is 3.72. The Morgan fingerprint density at radius 3 is 2.21 bits per heavy atom. The minimum absolute atomic E-state index is 0.281. The molecule has 0 fully saturated rings. The maximum Gasteiger partial charge on any atom is 0.0561 e. The summed E-state index contributed by atoms with van der Waals surface area (Å²) >= 11 is 0. The van der Waals surface area contributed by atoms with Crippen molar-refractivity contribution in [3.05, 3.63) is 58.4 Å². The summed E-state index contributed by atoms with van der Waals surface area (Å²) in [5.74, 6) is 0. The molecule has 1 atom stereocenters. The molecule has 0 aliphatic carbocycles. The van der Waals surface area contributed by atoms with E-state index in [1.165, 1.54) is 27.8 Å². The summed E-state index contributed by atoms with van der Waals surface area (Å²) in [5, 5.41) is 3.57. The average molecular weight is 254 g/mol. The van der Waals surface area contributed by atoms with Gasteiger partial charge in [-0.15, -0.1) is 0 Å². The van der Waals surface area contributed by atoms with E-state index in [0.717, 1.165) is 5.69 Å². The van der Waals surface area contributed by atoms with Crippen molar-refractivity contribution in [1.82, 2.24) is 4.98 Å². The third-order valence-electron chi connectivity index (χ3n) is 3.58. The van der Waals surface area contributed by atoms with Gasteiger partial charge in [-0.25, -0.2) is 0 Å². The second kappa shape index (κ2) is 5.43. The van der Waals surface area contributed by atoms with E-state index in [1.54, 1.807) is 0 Å². The molecule has 2 rings (SSSR count).